The second-order valence-electron chi connectivity index (χ2n) is 5.31. The van der Waals surface area contributed by atoms with Crippen molar-refractivity contribution >= 4 is 16.2 Å². The molecule has 1 aromatic rings. The van der Waals surface area contributed by atoms with Gasteiger partial charge in [-0.3, -0.25) is 4.79 Å². The van der Waals surface area contributed by atoms with Gasteiger partial charge in [0.25, 0.3) is 0 Å². The summed E-state index contributed by atoms with van der Waals surface area (Å²) >= 11 is 0. The predicted octanol–water partition coefficient (Wildman–Crippen LogP) is 1.45. The standard InChI is InChI=1S/C15H20N2O3S/c1-12-3-5-14(6-4-12)21(19,20)15(16-11-18)13-7-9-17(2)10-8-13/h3-6,11H,7-10H2,1-2H3,(H,16,18). The van der Waals surface area contributed by atoms with Gasteiger partial charge in [0.1, 0.15) is 5.03 Å². The molecule has 0 atom stereocenters. The van der Waals surface area contributed by atoms with Crippen LogP contribution in [0.2, 0.25) is 0 Å². The lowest BCUT2D eigenvalue weighted by Gasteiger charge is -2.26. The maximum Gasteiger partial charge on any atom is 0.221 e. The number of nitrogens with one attached hydrogen (secondary N) is 1. The highest BCUT2D eigenvalue weighted by Gasteiger charge is 2.26. The van der Waals surface area contributed by atoms with Gasteiger partial charge < -0.3 is 10.2 Å². The third-order valence-electron chi connectivity index (χ3n) is 3.70. The zero-order valence-corrected chi connectivity index (χ0v) is 13.1. The van der Waals surface area contributed by atoms with Gasteiger partial charge in [-0.1, -0.05) is 17.7 Å². The van der Waals surface area contributed by atoms with Gasteiger partial charge in [0, 0.05) is 13.1 Å². The maximum absolute atomic E-state index is 12.7. The van der Waals surface area contributed by atoms with Gasteiger partial charge >= 0.3 is 0 Å². The Hall–Kier alpha value is -1.66. The molecule has 1 heterocycles. The van der Waals surface area contributed by atoms with Crippen LogP contribution < -0.4 is 5.32 Å². The first-order valence-corrected chi connectivity index (χ1v) is 8.36. The monoisotopic (exact) mass is 308 g/mol. The smallest absolute Gasteiger partial charge is 0.221 e. The second-order valence-corrected chi connectivity index (χ2v) is 7.20. The molecule has 1 saturated heterocycles. The minimum Gasteiger partial charge on any atom is -0.319 e. The number of carbonyl (C=O) groups is 1. The van der Waals surface area contributed by atoms with Crippen molar-refractivity contribution in [1.29, 1.82) is 0 Å². The van der Waals surface area contributed by atoms with Crippen molar-refractivity contribution < 1.29 is 13.2 Å². The number of sulfone groups is 1. The number of aryl methyl sites for hydroxylation is 1. The summed E-state index contributed by atoms with van der Waals surface area (Å²) in [6.07, 6.45) is 1.74. The van der Waals surface area contributed by atoms with Crippen LogP contribution in [0.4, 0.5) is 0 Å². The Morgan fingerprint density at radius 3 is 2.29 bits per heavy atom. The highest BCUT2D eigenvalue weighted by Crippen LogP contribution is 2.25. The van der Waals surface area contributed by atoms with E-state index in [-0.39, 0.29) is 9.92 Å². The highest BCUT2D eigenvalue weighted by atomic mass is 32.2. The van der Waals surface area contributed by atoms with Crippen molar-refractivity contribution in [2.75, 3.05) is 20.1 Å². The van der Waals surface area contributed by atoms with Crippen LogP contribution in [-0.2, 0) is 14.6 Å². The van der Waals surface area contributed by atoms with E-state index in [9.17, 15) is 13.2 Å². The molecule has 21 heavy (non-hydrogen) atoms. The number of piperidine rings is 1. The van der Waals surface area contributed by atoms with Crippen molar-refractivity contribution in [2.45, 2.75) is 24.7 Å². The molecule has 114 valence electrons. The van der Waals surface area contributed by atoms with Crippen LogP contribution in [-0.4, -0.2) is 39.9 Å². The largest absolute Gasteiger partial charge is 0.319 e. The summed E-state index contributed by atoms with van der Waals surface area (Å²) < 4.78 is 25.4. The third-order valence-corrected chi connectivity index (χ3v) is 5.54. The van der Waals surface area contributed by atoms with Crippen molar-refractivity contribution in [3.63, 3.8) is 0 Å². The second kappa shape index (κ2) is 6.41. The third kappa shape index (κ3) is 3.51. The molecule has 1 amide bonds. The Labute approximate surface area is 125 Å². The van der Waals surface area contributed by atoms with Gasteiger partial charge in [0.2, 0.25) is 16.2 Å². The molecule has 0 radical (unpaired) electrons. The zero-order valence-electron chi connectivity index (χ0n) is 12.3. The number of amides is 1. The SMILES string of the molecule is Cc1ccc(S(=O)(=O)C(NC=O)=C2CCN(C)CC2)cc1. The highest BCUT2D eigenvalue weighted by molar-refractivity contribution is 7.95. The molecule has 6 heteroatoms. The number of benzene rings is 1. The first-order valence-electron chi connectivity index (χ1n) is 6.87. The zero-order chi connectivity index (χ0) is 15.5. The number of rotatable bonds is 4. The van der Waals surface area contributed by atoms with E-state index in [4.69, 9.17) is 0 Å². The van der Waals surface area contributed by atoms with Gasteiger partial charge in [-0.25, -0.2) is 8.42 Å². The van der Waals surface area contributed by atoms with E-state index in [1.54, 1.807) is 24.3 Å². The molecule has 5 nitrogen and oxygen atoms in total. The van der Waals surface area contributed by atoms with Gasteiger partial charge in [-0.05, 0) is 44.5 Å². The molecule has 0 aliphatic carbocycles. The van der Waals surface area contributed by atoms with Gasteiger partial charge in [-0.2, -0.15) is 0 Å². The average molecular weight is 308 g/mol. The fraction of sp³-hybridized carbons (Fsp3) is 0.400. The number of likely N-dealkylation sites (tertiary alicyclic amines) is 1. The van der Waals surface area contributed by atoms with Crippen molar-refractivity contribution in [3.05, 3.63) is 40.4 Å². The molecule has 2 rings (SSSR count). The molecule has 0 bridgehead atoms. The topological polar surface area (TPSA) is 66.5 Å². The van der Waals surface area contributed by atoms with Gasteiger partial charge in [0.15, 0.2) is 0 Å². The summed E-state index contributed by atoms with van der Waals surface area (Å²) in [5.41, 5.74) is 1.78. The fourth-order valence-electron chi connectivity index (χ4n) is 2.37. The van der Waals surface area contributed by atoms with E-state index >= 15 is 0 Å². The van der Waals surface area contributed by atoms with E-state index < -0.39 is 9.84 Å². The minimum absolute atomic E-state index is 0.0504. The van der Waals surface area contributed by atoms with E-state index in [1.165, 1.54) is 0 Å². The normalized spacial score (nSPS) is 16.6. The van der Waals surface area contributed by atoms with Crippen molar-refractivity contribution in [2.24, 2.45) is 0 Å². The molecular weight excluding hydrogens is 288 g/mol. The Bertz CT molecular complexity index is 638. The molecule has 1 fully saturated rings. The van der Waals surface area contributed by atoms with E-state index in [0.29, 0.717) is 19.3 Å². The summed E-state index contributed by atoms with van der Waals surface area (Å²) in [6, 6.07) is 6.66. The fourth-order valence-corrected chi connectivity index (χ4v) is 3.89. The molecule has 0 spiro atoms. The quantitative estimate of drug-likeness (QED) is 0.855. The Morgan fingerprint density at radius 2 is 1.76 bits per heavy atom. The molecule has 1 aromatic carbocycles. The number of hydrogen-bond acceptors (Lipinski definition) is 4. The molecule has 0 aromatic heterocycles. The van der Waals surface area contributed by atoms with E-state index in [2.05, 4.69) is 10.2 Å². The lowest BCUT2D eigenvalue weighted by molar-refractivity contribution is -0.108. The van der Waals surface area contributed by atoms with Crippen LogP contribution in [0.3, 0.4) is 0 Å². The molecular formula is C15H20N2O3S. The maximum atomic E-state index is 12.7. The predicted molar refractivity (Wildman–Crippen MR) is 81.3 cm³/mol. The Morgan fingerprint density at radius 1 is 1.19 bits per heavy atom. The summed E-state index contributed by atoms with van der Waals surface area (Å²) in [4.78, 5) is 13.2. The van der Waals surface area contributed by atoms with E-state index in [0.717, 1.165) is 24.2 Å². The molecule has 1 N–H and O–H groups in total. The van der Waals surface area contributed by atoms with Crippen LogP contribution in [0, 0.1) is 6.92 Å². The van der Waals surface area contributed by atoms with Crippen LogP contribution >= 0.6 is 0 Å². The van der Waals surface area contributed by atoms with Crippen LogP contribution in [0.15, 0.2) is 39.8 Å². The van der Waals surface area contributed by atoms with Crippen molar-refractivity contribution in [1.82, 2.24) is 10.2 Å². The first-order chi connectivity index (χ1) is 9.95. The average Bonchev–Trinajstić information content (AvgIpc) is 2.46. The Kier molecular flexibility index (Phi) is 4.80. The summed E-state index contributed by atoms with van der Waals surface area (Å²) in [5.74, 6) is 0. The van der Waals surface area contributed by atoms with E-state index in [1.807, 2.05) is 14.0 Å². The first kappa shape index (κ1) is 15.7. The van der Waals surface area contributed by atoms with Crippen LogP contribution in [0.25, 0.3) is 0 Å². The lowest BCUT2D eigenvalue weighted by Crippen LogP contribution is -2.30. The summed E-state index contributed by atoms with van der Waals surface area (Å²) in [6.45, 7) is 3.49. The van der Waals surface area contributed by atoms with Crippen LogP contribution in [0.1, 0.15) is 18.4 Å². The molecule has 0 unspecified atom stereocenters. The number of nitrogens with zero attached hydrogens (tertiary/aromatic N) is 1. The summed E-state index contributed by atoms with van der Waals surface area (Å²) in [7, 11) is -1.68. The van der Waals surface area contributed by atoms with Gasteiger partial charge in [-0.15, -0.1) is 0 Å². The van der Waals surface area contributed by atoms with Crippen LogP contribution in [0.5, 0.6) is 0 Å². The van der Waals surface area contributed by atoms with Crippen molar-refractivity contribution in [3.8, 4) is 0 Å². The lowest BCUT2D eigenvalue weighted by atomic mass is 10.1. The minimum atomic E-state index is -3.68. The Balaban J connectivity index is 2.43. The molecule has 0 saturated carbocycles. The molecule has 1 aliphatic heterocycles. The van der Waals surface area contributed by atoms with Gasteiger partial charge in [0.05, 0.1) is 4.90 Å². The molecule has 1 aliphatic rings. The number of hydrogen-bond donors (Lipinski definition) is 1. The summed E-state index contributed by atoms with van der Waals surface area (Å²) in [5, 5.41) is 2.46. The number of carbonyl (C=O) groups excluding carboxylic acids is 1.